The molecular formula is C18H19ClN2O2. The second-order valence-electron chi connectivity index (χ2n) is 5.33. The van der Waals surface area contributed by atoms with Crippen LogP contribution in [0.3, 0.4) is 0 Å². The minimum absolute atomic E-state index is 0.0287. The Kier molecular flexibility index (Phi) is 5.77. The first kappa shape index (κ1) is 17.0. The van der Waals surface area contributed by atoms with Gasteiger partial charge in [-0.05, 0) is 43.7 Å². The number of amides is 1. The smallest absolute Gasteiger partial charge is 0.226 e. The van der Waals surface area contributed by atoms with Crippen LogP contribution in [0.4, 0.5) is 11.4 Å². The fourth-order valence-corrected chi connectivity index (χ4v) is 2.24. The third-order valence-corrected chi connectivity index (χ3v) is 3.81. The lowest BCUT2D eigenvalue weighted by molar-refractivity contribution is -0.115. The molecule has 120 valence electrons. The monoisotopic (exact) mass is 330 g/mol. The number of hydrogen-bond donors (Lipinski definition) is 2. The highest BCUT2D eigenvalue weighted by molar-refractivity contribution is 6.31. The molecule has 0 saturated carbocycles. The normalized spacial score (nSPS) is 10.2. The molecule has 0 spiro atoms. The van der Waals surface area contributed by atoms with Gasteiger partial charge in [0.15, 0.2) is 5.78 Å². The van der Waals surface area contributed by atoms with E-state index >= 15 is 0 Å². The highest BCUT2D eigenvalue weighted by Gasteiger charge is 2.05. The van der Waals surface area contributed by atoms with Gasteiger partial charge in [-0.15, -0.1) is 0 Å². The average molecular weight is 331 g/mol. The maximum atomic E-state index is 11.9. The Morgan fingerprint density at radius 2 is 1.87 bits per heavy atom. The molecule has 23 heavy (non-hydrogen) atoms. The van der Waals surface area contributed by atoms with Crippen molar-refractivity contribution >= 4 is 34.7 Å². The van der Waals surface area contributed by atoms with Crippen LogP contribution >= 0.6 is 11.6 Å². The van der Waals surface area contributed by atoms with Crippen molar-refractivity contribution in [2.75, 3.05) is 17.2 Å². The van der Waals surface area contributed by atoms with Gasteiger partial charge in [0.25, 0.3) is 0 Å². The van der Waals surface area contributed by atoms with E-state index in [0.29, 0.717) is 29.2 Å². The van der Waals surface area contributed by atoms with Gasteiger partial charge in [-0.1, -0.05) is 29.8 Å². The van der Waals surface area contributed by atoms with Crippen molar-refractivity contribution in [1.82, 2.24) is 0 Å². The maximum Gasteiger partial charge on any atom is 0.226 e. The van der Waals surface area contributed by atoms with Gasteiger partial charge < -0.3 is 10.6 Å². The summed E-state index contributed by atoms with van der Waals surface area (Å²) in [6.45, 7) is 3.93. The molecule has 0 heterocycles. The van der Waals surface area contributed by atoms with Crippen LogP contribution < -0.4 is 10.6 Å². The summed E-state index contributed by atoms with van der Waals surface area (Å²) in [7, 11) is 0. The summed E-state index contributed by atoms with van der Waals surface area (Å²) >= 11 is 6.06. The van der Waals surface area contributed by atoms with E-state index in [1.807, 2.05) is 25.1 Å². The second kappa shape index (κ2) is 7.79. The average Bonchev–Trinajstić information content (AvgIpc) is 2.51. The molecule has 0 fully saturated rings. The van der Waals surface area contributed by atoms with Crippen LogP contribution in [0.2, 0.25) is 5.02 Å². The summed E-state index contributed by atoms with van der Waals surface area (Å²) < 4.78 is 0. The Morgan fingerprint density at radius 1 is 1.09 bits per heavy atom. The molecule has 2 N–H and O–H groups in total. The van der Waals surface area contributed by atoms with Gasteiger partial charge in [0, 0.05) is 34.9 Å². The quantitative estimate of drug-likeness (QED) is 0.777. The van der Waals surface area contributed by atoms with Gasteiger partial charge in [-0.3, -0.25) is 9.59 Å². The number of nitrogens with one attached hydrogen (secondary N) is 2. The van der Waals surface area contributed by atoms with Crippen molar-refractivity contribution in [3.63, 3.8) is 0 Å². The SMILES string of the molecule is CC(=O)c1cccc(NC(=O)CCNc2ccc(C)c(Cl)c2)c1. The predicted molar refractivity (Wildman–Crippen MR) is 94.4 cm³/mol. The van der Waals surface area contributed by atoms with Crippen molar-refractivity contribution in [2.45, 2.75) is 20.3 Å². The zero-order valence-corrected chi connectivity index (χ0v) is 13.9. The summed E-state index contributed by atoms with van der Waals surface area (Å²) in [5, 5.41) is 6.64. The number of aryl methyl sites for hydroxylation is 1. The minimum Gasteiger partial charge on any atom is -0.384 e. The number of hydrogen-bond acceptors (Lipinski definition) is 3. The summed E-state index contributed by atoms with van der Waals surface area (Å²) in [6.07, 6.45) is 0.315. The van der Waals surface area contributed by atoms with Gasteiger partial charge in [0.2, 0.25) is 5.91 Å². The standard InChI is InChI=1S/C18H19ClN2O2/c1-12-6-7-15(11-17(12)19)20-9-8-18(23)21-16-5-3-4-14(10-16)13(2)22/h3-7,10-11,20H,8-9H2,1-2H3,(H,21,23). The lowest BCUT2D eigenvalue weighted by Gasteiger charge is -2.09. The maximum absolute atomic E-state index is 11.9. The molecule has 0 aliphatic rings. The number of halogens is 1. The molecule has 0 aromatic heterocycles. The molecule has 4 nitrogen and oxygen atoms in total. The molecule has 0 atom stereocenters. The summed E-state index contributed by atoms with van der Waals surface area (Å²) in [4.78, 5) is 23.3. The summed E-state index contributed by atoms with van der Waals surface area (Å²) in [5.74, 6) is -0.143. The van der Waals surface area contributed by atoms with Crippen LogP contribution in [-0.2, 0) is 4.79 Å². The van der Waals surface area contributed by atoms with Crippen LogP contribution in [0.5, 0.6) is 0 Å². The molecule has 0 bridgehead atoms. The third kappa shape index (κ3) is 5.11. The Morgan fingerprint density at radius 3 is 2.57 bits per heavy atom. The fourth-order valence-electron chi connectivity index (χ4n) is 2.06. The first-order valence-electron chi connectivity index (χ1n) is 7.36. The van der Waals surface area contributed by atoms with E-state index in [-0.39, 0.29) is 11.7 Å². The zero-order valence-electron chi connectivity index (χ0n) is 13.2. The molecule has 0 aliphatic heterocycles. The van der Waals surface area contributed by atoms with E-state index in [2.05, 4.69) is 10.6 Å². The number of carbonyl (C=O) groups excluding carboxylic acids is 2. The topological polar surface area (TPSA) is 58.2 Å². The fraction of sp³-hybridized carbons (Fsp3) is 0.222. The molecule has 0 aliphatic carbocycles. The van der Waals surface area contributed by atoms with Crippen LogP contribution in [-0.4, -0.2) is 18.2 Å². The zero-order chi connectivity index (χ0) is 16.8. The van der Waals surface area contributed by atoms with Gasteiger partial charge >= 0.3 is 0 Å². The van der Waals surface area contributed by atoms with Gasteiger partial charge in [0.05, 0.1) is 0 Å². The van der Waals surface area contributed by atoms with Crippen LogP contribution in [0.1, 0.15) is 29.3 Å². The van der Waals surface area contributed by atoms with Gasteiger partial charge in [-0.25, -0.2) is 0 Å². The molecule has 2 aromatic carbocycles. The van der Waals surface area contributed by atoms with E-state index in [0.717, 1.165) is 11.3 Å². The first-order valence-corrected chi connectivity index (χ1v) is 7.74. The van der Waals surface area contributed by atoms with E-state index < -0.39 is 0 Å². The number of carbonyl (C=O) groups is 2. The van der Waals surface area contributed by atoms with Crippen molar-refractivity contribution < 1.29 is 9.59 Å². The highest BCUT2D eigenvalue weighted by atomic mass is 35.5. The summed E-state index contributed by atoms with van der Waals surface area (Å²) in [5.41, 5.74) is 3.10. The molecule has 2 rings (SSSR count). The Bertz CT molecular complexity index is 729. The molecule has 0 radical (unpaired) electrons. The molecule has 2 aromatic rings. The lowest BCUT2D eigenvalue weighted by Crippen LogP contribution is -2.16. The molecule has 5 heteroatoms. The van der Waals surface area contributed by atoms with Crippen molar-refractivity contribution in [3.8, 4) is 0 Å². The largest absolute Gasteiger partial charge is 0.384 e. The number of benzene rings is 2. The number of anilines is 2. The number of rotatable bonds is 6. The van der Waals surface area contributed by atoms with E-state index in [1.165, 1.54) is 6.92 Å². The van der Waals surface area contributed by atoms with E-state index in [1.54, 1.807) is 24.3 Å². The molecule has 1 amide bonds. The van der Waals surface area contributed by atoms with Crippen molar-refractivity contribution in [3.05, 3.63) is 58.6 Å². The first-order chi connectivity index (χ1) is 11.0. The molecular weight excluding hydrogens is 312 g/mol. The second-order valence-corrected chi connectivity index (χ2v) is 5.73. The predicted octanol–water partition coefficient (Wildman–Crippen LogP) is 4.29. The Labute approximate surface area is 140 Å². The van der Waals surface area contributed by atoms with Crippen LogP contribution in [0.25, 0.3) is 0 Å². The van der Waals surface area contributed by atoms with Crippen LogP contribution in [0.15, 0.2) is 42.5 Å². The minimum atomic E-state index is -0.114. The summed E-state index contributed by atoms with van der Waals surface area (Å²) in [6, 6.07) is 12.6. The van der Waals surface area contributed by atoms with Gasteiger partial charge in [0.1, 0.15) is 0 Å². The number of Topliss-reactive ketones (excluding diaryl/α,β-unsaturated/α-hetero) is 1. The van der Waals surface area contributed by atoms with E-state index in [4.69, 9.17) is 11.6 Å². The third-order valence-electron chi connectivity index (χ3n) is 3.41. The van der Waals surface area contributed by atoms with Crippen molar-refractivity contribution in [1.29, 1.82) is 0 Å². The Hall–Kier alpha value is -2.33. The van der Waals surface area contributed by atoms with Crippen LogP contribution in [0, 0.1) is 6.92 Å². The Balaban J connectivity index is 1.84. The molecule has 0 saturated heterocycles. The molecule has 0 unspecified atom stereocenters. The highest BCUT2D eigenvalue weighted by Crippen LogP contribution is 2.19. The van der Waals surface area contributed by atoms with Gasteiger partial charge in [-0.2, -0.15) is 0 Å². The van der Waals surface area contributed by atoms with Crippen molar-refractivity contribution in [2.24, 2.45) is 0 Å². The number of ketones is 1. The van der Waals surface area contributed by atoms with E-state index in [9.17, 15) is 9.59 Å². The lowest BCUT2D eigenvalue weighted by atomic mass is 10.1.